The maximum Gasteiger partial charge on any atom is 0.315 e. The number of carbonyl (C=O) groups is 1. The van der Waals surface area contributed by atoms with E-state index in [0.717, 1.165) is 5.56 Å². The Morgan fingerprint density at radius 2 is 2.06 bits per heavy atom. The zero-order valence-corrected chi connectivity index (χ0v) is 9.67. The number of benzene rings is 1. The number of ether oxygens (including phenoxy) is 1. The molecule has 0 bridgehead atoms. The van der Waals surface area contributed by atoms with Crippen molar-refractivity contribution in [3.8, 4) is 0 Å². The van der Waals surface area contributed by atoms with E-state index in [4.69, 9.17) is 4.74 Å². The molecule has 1 unspecified atom stereocenters. The van der Waals surface area contributed by atoms with Gasteiger partial charge >= 0.3 is 5.97 Å². The zero-order valence-electron chi connectivity index (χ0n) is 9.67. The third-order valence-electron chi connectivity index (χ3n) is 2.42. The number of carbonyl (C=O) groups excluding carboxylic acids is 1. The molecule has 1 rings (SSSR count). The molecule has 0 aromatic heterocycles. The van der Waals surface area contributed by atoms with Gasteiger partial charge in [-0.25, -0.2) is 0 Å². The molecule has 0 heterocycles. The number of hydrogen-bond acceptors (Lipinski definition) is 4. The minimum absolute atomic E-state index is 0.161. The molecule has 1 aromatic carbocycles. The van der Waals surface area contributed by atoms with Crippen LogP contribution in [-0.4, -0.2) is 17.4 Å². The molecule has 0 aliphatic heterocycles. The minimum atomic E-state index is -0.659. The summed E-state index contributed by atoms with van der Waals surface area (Å²) in [6.07, 6.45) is 0.411. The Hall–Kier alpha value is -1.91. The molecule has 0 saturated heterocycles. The number of esters is 1. The van der Waals surface area contributed by atoms with E-state index < -0.39 is 16.8 Å². The number of nitrogens with zero attached hydrogens (tertiary/aromatic N) is 1. The summed E-state index contributed by atoms with van der Waals surface area (Å²) in [5.41, 5.74) is 0.872. The maximum absolute atomic E-state index is 11.6. The van der Waals surface area contributed by atoms with Crippen LogP contribution in [0.1, 0.15) is 18.9 Å². The molecule has 17 heavy (non-hydrogen) atoms. The summed E-state index contributed by atoms with van der Waals surface area (Å²) >= 11 is 0. The van der Waals surface area contributed by atoms with Gasteiger partial charge in [-0.3, -0.25) is 14.9 Å². The van der Waals surface area contributed by atoms with Gasteiger partial charge in [-0.2, -0.15) is 0 Å². The van der Waals surface area contributed by atoms with E-state index in [1.807, 2.05) is 30.3 Å². The van der Waals surface area contributed by atoms with Gasteiger partial charge in [0, 0.05) is 4.92 Å². The molecular formula is C12H15NO4. The van der Waals surface area contributed by atoms with Crippen molar-refractivity contribution in [2.24, 2.45) is 5.92 Å². The van der Waals surface area contributed by atoms with E-state index in [0.29, 0.717) is 6.42 Å². The molecule has 0 spiro atoms. The lowest BCUT2D eigenvalue weighted by Crippen LogP contribution is -2.24. The molecule has 0 aliphatic carbocycles. The summed E-state index contributed by atoms with van der Waals surface area (Å²) in [5, 5.41) is 10.3. The van der Waals surface area contributed by atoms with Gasteiger partial charge in [-0.15, -0.1) is 0 Å². The van der Waals surface area contributed by atoms with E-state index in [9.17, 15) is 14.9 Å². The van der Waals surface area contributed by atoms with Gasteiger partial charge in [-0.05, 0) is 12.0 Å². The Kier molecular flexibility index (Phi) is 5.13. The van der Waals surface area contributed by atoms with Crippen molar-refractivity contribution in [1.82, 2.24) is 0 Å². The normalized spacial score (nSPS) is 11.8. The molecule has 0 N–H and O–H groups in total. The lowest BCUT2D eigenvalue weighted by atomic mass is 10.1. The molecule has 5 nitrogen and oxygen atoms in total. The molecule has 0 saturated carbocycles. The molecular weight excluding hydrogens is 222 g/mol. The highest BCUT2D eigenvalue weighted by Gasteiger charge is 2.23. The standard InChI is InChI=1S/C12H15NO4/c1-2-11(8-13(15)16)12(14)17-9-10-6-4-3-5-7-10/h3-7,11H,2,8-9H2,1H3. The van der Waals surface area contributed by atoms with Crippen molar-refractivity contribution >= 4 is 5.97 Å². The Balaban J connectivity index is 2.45. The first-order chi connectivity index (χ1) is 8.13. The van der Waals surface area contributed by atoms with Gasteiger partial charge in [0.15, 0.2) is 0 Å². The van der Waals surface area contributed by atoms with Crippen LogP contribution in [0.4, 0.5) is 0 Å². The van der Waals surface area contributed by atoms with Gasteiger partial charge < -0.3 is 4.74 Å². The van der Waals surface area contributed by atoms with E-state index >= 15 is 0 Å². The lowest BCUT2D eigenvalue weighted by molar-refractivity contribution is -0.486. The van der Waals surface area contributed by atoms with Crippen LogP contribution in [0.15, 0.2) is 30.3 Å². The molecule has 0 radical (unpaired) electrons. The molecule has 0 fully saturated rings. The first-order valence-corrected chi connectivity index (χ1v) is 5.45. The van der Waals surface area contributed by atoms with Crippen molar-refractivity contribution in [2.75, 3.05) is 6.54 Å². The van der Waals surface area contributed by atoms with E-state index in [1.54, 1.807) is 6.92 Å². The summed E-state index contributed by atoms with van der Waals surface area (Å²) in [6.45, 7) is 1.52. The largest absolute Gasteiger partial charge is 0.460 e. The number of nitro groups is 1. The highest BCUT2D eigenvalue weighted by atomic mass is 16.6. The van der Waals surface area contributed by atoms with Gasteiger partial charge in [0.2, 0.25) is 6.54 Å². The highest BCUT2D eigenvalue weighted by molar-refractivity contribution is 5.72. The maximum atomic E-state index is 11.6. The molecule has 0 aliphatic rings. The van der Waals surface area contributed by atoms with Gasteiger partial charge in [0.1, 0.15) is 12.5 Å². The first-order valence-electron chi connectivity index (χ1n) is 5.45. The molecule has 1 atom stereocenters. The van der Waals surface area contributed by atoms with Crippen molar-refractivity contribution in [2.45, 2.75) is 20.0 Å². The minimum Gasteiger partial charge on any atom is -0.460 e. The SMILES string of the molecule is CCC(C[N+](=O)[O-])C(=O)OCc1ccccc1. The fraction of sp³-hybridized carbons (Fsp3) is 0.417. The third-order valence-corrected chi connectivity index (χ3v) is 2.42. The van der Waals surface area contributed by atoms with Crippen LogP contribution in [0.25, 0.3) is 0 Å². The Morgan fingerprint density at radius 1 is 1.41 bits per heavy atom. The molecule has 1 aromatic rings. The molecule has 92 valence electrons. The Labute approximate surface area is 99.5 Å². The summed E-state index contributed by atoms with van der Waals surface area (Å²) < 4.78 is 5.04. The fourth-order valence-corrected chi connectivity index (χ4v) is 1.40. The third kappa shape index (κ3) is 4.63. The summed E-state index contributed by atoms with van der Waals surface area (Å²) in [4.78, 5) is 21.4. The monoisotopic (exact) mass is 237 g/mol. The van der Waals surface area contributed by atoms with E-state index in [1.165, 1.54) is 0 Å². The van der Waals surface area contributed by atoms with Gasteiger partial charge in [-0.1, -0.05) is 37.3 Å². The van der Waals surface area contributed by atoms with Crippen LogP contribution in [-0.2, 0) is 16.1 Å². The Morgan fingerprint density at radius 3 is 2.59 bits per heavy atom. The van der Waals surface area contributed by atoms with Crippen LogP contribution in [0.5, 0.6) is 0 Å². The summed E-state index contributed by atoms with van der Waals surface area (Å²) in [6, 6.07) is 9.23. The quantitative estimate of drug-likeness (QED) is 0.431. The average molecular weight is 237 g/mol. The van der Waals surface area contributed by atoms with Gasteiger partial charge in [0.05, 0.1) is 0 Å². The lowest BCUT2D eigenvalue weighted by Gasteiger charge is -2.10. The predicted molar refractivity (Wildman–Crippen MR) is 61.9 cm³/mol. The summed E-state index contributed by atoms with van der Waals surface area (Å²) in [5.74, 6) is -1.17. The number of hydrogen-bond donors (Lipinski definition) is 0. The van der Waals surface area contributed by atoms with Crippen molar-refractivity contribution in [3.63, 3.8) is 0 Å². The fourth-order valence-electron chi connectivity index (χ4n) is 1.40. The molecule has 5 heteroatoms. The van der Waals surface area contributed by atoms with E-state index in [-0.39, 0.29) is 13.2 Å². The van der Waals surface area contributed by atoms with E-state index in [2.05, 4.69) is 0 Å². The predicted octanol–water partition coefficient (Wildman–Crippen LogP) is 2.03. The zero-order chi connectivity index (χ0) is 12.7. The topological polar surface area (TPSA) is 69.4 Å². The van der Waals surface area contributed by atoms with Crippen LogP contribution >= 0.6 is 0 Å². The van der Waals surface area contributed by atoms with Crippen LogP contribution < -0.4 is 0 Å². The van der Waals surface area contributed by atoms with Crippen molar-refractivity contribution < 1.29 is 14.5 Å². The van der Waals surface area contributed by atoms with Crippen LogP contribution in [0.3, 0.4) is 0 Å². The second-order valence-corrected chi connectivity index (χ2v) is 3.71. The second-order valence-electron chi connectivity index (χ2n) is 3.71. The van der Waals surface area contributed by atoms with Crippen molar-refractivity contribution in [3.05, 3.63) is 46.0 Å². The molecule has 0 amide bonds. The van der Waals surface area contributed by atoms with Gasteiger partial charge in [0.25, 0.3) is 0 Å². The number of rotatable bonds is 6. The van der Waals surface area contributed by atoms with Crippen molar-refractivity contribution in [1.29, 1.82) is 0 Å². The van der Waals surface area contributed by atoms with Crippen LogP contribution in [0, 0.1) is 16.0 Å². The van der Waals surface area contributed by atoms with Crippen LogP contribution in [0.2, 0.25) is 0 Å². The summed E-state index contributed by atoms with van der Waals surface area (Å²) in [7, 11) is 0. The highest BCUT2D eigenvalue weighted by Crippen LogP contribution is 2.08. The first kappa shape index (κ1) is 13.2. The smallest absolute Gasteiger partial charge is 0.315 e. The second kappa shape index (κ2) is 6.62. The Bertz CT molecular complexity index is 377. The average Bonchev–Trinajstić information content (AvgIpc) is 2.34.